The first kappa shape index (κ1) is 62.9. The van der Waals surface area contributed by atoms with E-state index in [2.05, 4.69) is 28.2 Å². The maximum atomic E-state index is 13.5. The fraction of sp³-hybridized carbons (Fsp3) is 0.717. The third-order valence-electron chi connectivity index (χ3n) is 10.6. The molecule has 1 aromatic rings. The Balaban J connectivity index is 0.0000224. The summed E-state index contributed by atoms with van der Waals surface area (Å²) >= 11 is 0. The molecule has 5 amide bonds. The zero-order chi connectivity index (χ0) is 48.2. The van der Waals surface area contributed by atoms with Crippen LogP contribution < -0.4 is 78.4 Å². The van der Waals surface area contributed by atoms with Gasteiger partial charge in [0.2, 0.25) is 29.5 Å². The number of nitrogens with two attached hydrogens (primary N) is 1. The Morgan fingerprint density at radius 2 is 1.30 bits per heavy atom. The molecule has 1 heterocycles. The number of rotatable bonds is 36. The molecule has 1 saturated heterocycles. The van der Waals surface area contributed by atoms with E-state index in [0.29, 0.717) is 45.6 Å². The number of phenols is 1. The average molecular weight is 1010 g/mol. The number of phenolic OH excluding ortho intramolecular Hbond substituents is 1. The maximum absolute atomic E-state index is 13.5. The number of carbonyl (C=O) groups is 7. The molecule has 1 fully saturated rings. The van der Waals surface area contributed by atoms with Gasteiger partial charge in [0.1, 0.15) is 24.7 Å². The van der Waals surface area contributed by atoms with Crippen LogP contribution in [0.4, 0.5) is 0 Å². The molecule has 1 aliphatic rings. The van der Waals surface area contributed by atoms with Gasteiger partial charge in [0.25, 0.3) is 0 Å². The van der Waals surface area contributed by atoms with E-state index in [9.17, 15) is 38.7 Å². The molecule has 0 aliphatic carbocycles. The van der Waals surface area contributed by atoms with E-state index in [0.717, 1.165) is 18.4 Å². The number of carbonyl (C=O) groups excluding carboxylic acids is 7. The summed E-state index contributed by atoms with van der Waals surface area (Å²) in [5.41, 5.74) is 14.6. The number of primary amides is 1. The van der Waals surface area contributed by atoms with Gasteiger partial charge in [-0.2, -0.15) is 0 Å². The predicted octanol–water partition coefficient (Wildman–Crippen LogP) is 0.992. The summed E-state index contributed by atoms with van der Waals surface area (Å²) in [4.78, 5) is 88.3. The van der Waals surface area contributed by atoms with E-state index in [1.165, 1.54) is 72.2 Å². The quantitative estimate of drug-likeness (QED) is 0.0311. The molecule has 1 aromatic carbocycles. The average Bonchev–Trinajstić information content (AvgIpc) is 3.31. The SMILES string of the molecule is CCCCCCCCCCC(=O)NCCOCCOCC(=O)NCCOCCOCC(=O)NCCCC[C@@H]1NC(=O)[C@@H]([NH-])CSSC[C@H](C(=O)C[C@@H](Cc2ccc(O)cc2)C(N)=O)CC1=O.[K+]. The van der Waals surface area contributed by atoms with E-state index < -0.39 is 35.7 Å². The number of ether oxygens (including phenoxy) is 4. The maximum Gasteiger partial charge on any atom is 1.00 e. The van der Waals surface area contributed by atoms with E-state index >= 15 is 0 Å². The van der Waals surface area contributed by atoms with Crippen LogP contribution in [0.5, 0.6) is 5.75 Å². The topological polar surface area (TPSA) is 275 Å². The van der Waals surface area contributed by atoms with E-state index in [4.69, 9.17) is 30.4 Å². The van der Waals surface area contributed by atoms with Crippen LogP contribution in [0.25, 0.3) is 5.73 Å². The summed E-state index contributed by atoms with van der Waals surface area (Å²) in [7, 11) is 2.59. The van der Waals surface area contributed by atoms with E-state index in [1.807, 2.05) is 0 Å². The number of unbranched alkanes of at least 4 members (excludes halogenated alkanes) is 8. The van der Waals surface area contributed by atoms with Crippen molar-refractivity contribution in [3.8, 4) is 5.75 Å². The number of amides is 5. The van der Waals surface area contributed by atoms with Crippen LogP contribution in [-0.2, 0) is 58.9 Å². The zero-order valence-corrected chi connectivity index (χ0v) is 44.5. The number of aromatic hydroxyl groups is 1. The van der Waals surface area contributed by atoms with Gasteiger partial charge in [-0.05, 0) is 61.6 Å². The Morgan fingerprint density at radius 1 is 0.746 bits per heavy atom. The first-order chi connectivity index (χ1) is 31.9. The van der Waals surface area contributed by atoms with Gasteiger partial charge in [0.15, 0.2) is 5.78 Å². The van der Waals surface area contributed by atoms with Gasteiger partial charge in [0, 0.05) is 56.5 Å². The minimum absolute atomic E-state index is 0. The van der Waals surface area contributed by atoms with Crippen molar-refractivity contribution >= 4 is 62.7 Å². The fourth-order valence-electron chi connectivity index (χ4n) is 6.76. The largest absolute Gasteiger partial charge is 1.00 e. The predicted molar refractivity (Wildman–Crippen MR) is 256 cm³/mol. The fourth-order valence-corrected chi connectivity index (χ4v) is 9.19. The molecule has 374 valence electrons. The molecule has 4 atom stereocenters. The first-order valence-corrected chi connectivity index (χ1v) is 25.9. The van der Waals surface area contributed by atoms with Crippen molar-refractivity contribution in [3.05, 3.63) is 35.6 Å². The Hall–Kier alpha value is -2.15. The molecule has 0 spiro atoms. The van der Waals surface area contributed by atoms with Crippen molar-refractivity contribution in [2.24, 2.45) is 17.6 Å². The third-order valence-corrected chi connectivity index (χ3v) is 13.1. The van der Waals surface area contributed by atoms with Gasteiger partial charge >= 0.3 is 51.4 Å². The molecule has 0 radical (unpaired) electrons. The Labute approximate surface area is 447 Å². The minimum atomic E-state index is -1.10. The zero-order valence-electron chi connectivity index (χ0n) is 39.7. The number of benzene rings is 1. The van der Waals surface area contributed by atoms with Gasteiger partial charge in [-0.1, -0.05) is 85.6 Å². The van der Waals surface area contributed by atoms with Crippen LogP contribution in [0.15, 0.2) is 24.3 Å². The Kier molecular flexibility index (Phi) is 38.1. The molecule has 0 aromatic heterocycles. The van der Waals surface area contributed by atoms with Crippen LogP contribution in [0.2, 0.25) is 0 Å². The van der Waals surface area contributed by atoms with Crippen molar-refractivity contribution < 1.29 is 109 Å². The summed E-state index contributed by atoms with van der Waals surface area (Å²) in [6, 6.07) is 4.25. The number of hydrogen-bond acceptors (Lipinski definition) is 14. The number of ketones is 2. The molecule has 67 heavy (non-hydrogen) atoms. The molecule has 1 aliphatic heterocycles. The first-order valence-electron chi connectivity index (χ1n) is 23.4. The summed E-state index contributed by atoms with van der Waals surface area (Å²) in [5, 5.41) is 20.6. The van der Waals surface area contributed by atoms with Gasteiger partial charge in [-0.15, -0.1) is 0 Å². The molecule has 0 unspecified atom stereocenters. The normalized spacial score (nSPS) is 17.0. The van der Waals surface area contributed by atoms with Crippen molar-refractivity contribution in [1.82, 2.24) is 21.3 Å². The molecular formula is C46H75KN6O12S2. The van der Waals surface area contributed by atoms with Crippen LogP contribution >= 0.6 is 21.6 Å². The van der Waals surface area contributed by atoms with Crippen molar-refractivity contribution in [3.63, 3.8) is 0 Å². The van der Waals surface area contributed by atoms with Gasteiger partial charge in [0.05, 0.1) is 45.7 Å². The van der Waals surface area contributed by atoms with Gasteiger partial charge in [-0.3, -0.25) is 33.6 Å². The monoisotopic (exact) mass is 1010 g/mol. The molecule has 8 N–H and O–H groups in total. The van der Waals surface area contributed by atoms with Crippen LogP contribution in [0, 0.1) is 11.8 Å². The minimum Gasteiger partial charge on any atom is -0.666 e. The van der Waals surface area contributed by atoms with Crippen LogP contribution in [-0.4, -0.2) is 142 Å². The molecule has 2 rings (SSSR count). The van der Waals surface area contributed by atoms with Crippen molar-refractivity contribution in [2.75, 3.05) is 84.0 Å². The van der Waals surface area contributed by atoms with Crippen molar-refractivity contribution in [1.29, 1.82) is 0 Å². The Morgan fingerprint density at radius 3 is 1.91 bits per heavy atom. The van der Waals surface area contributed by atoms with E-state index in [-0.39, 0.29) is 170 Å². The molecule has 0 saturated carbocycles. The second-order valence-electron chi connectivity index (χ2n) is 16.3. The molecule has 21 heteroatoms. The Bertz CT molecular complexity index is 1580. The summed E-state index contributed by atoms with van der Waals surface area (Å²) < 4.78 is 21.6. The summed E-state index contributed by atoms with van der Waals surface area (Å²) in [6.07, 6.45) is 11.2. The summed E-state index contributed by atoms with van der Waals surface area (Å²) in [5.74, 6) is -3.46. The van der Waals surface area contributed by atoms with Crippen LogP contribution in [0.1, 0.15) is 102 Å². The smallest absolute Gasteiger partial charge is 0.666 e. The number of hydrogen-bond donors (Lipinski definition) is 6. The summed E-state index contributed by atoms with van der Waals surface area (Å²) in [6.45, 7) is 4.46. The second-order valence-corrected chi connectivity index (χ2v) is 18.8. The van der Waals surface area contributed by atoms with Gasteiger partial charge in [-0.25, -0.2) is 0 Å². The molecule has 18 nitrogen and oxygen atoms in total. The molecule has 0 bridgehead atoms. The second kappa shape index (κ2) is 40.6. The van der Waals surface area contributed by atoms with Crippen molar-refractivity contribution in [2.45, 2.75) is 115 Å². The van der Waals surface area contributed by atoms with Gasteiger partial charge < -0.3 is 56.8 Å². The third kappa shape index (κ3) is 32.4. The van der Waals surface area contributed by atoms with Crippen LogP contribution in [0.3, 0.4) is 0 Å². The standard InChI is InChI=1S/C46H75N6O12S2.K/c1-2-3-4-5-6-7-8-9-13-42(56)50-19-21-61-23-26-64-31-44(58)51-20-22-62-24-25-63-30-43(57)49-18-11-10-12-39-41(55)29-36(32-65-66-33-38(47)46(60)52-39)40(54)28-35(45(48)59)27-34-14-16-37(53)17-15-34;/h14-17,35-36,38-39,47,53H,2-13,18-33H2,1H3,(H2,48,59)(H,49,57)(H,50,56)(H,51,58)(H,52,60);/q-1;+1/t35-,36-,38+,39+;/m1./s1. The molecular weight excluding hydrogens is 932 g/mol. The number of nitrogens with one attached hydrogen (secondary N) is 5. The van der Waals surface area contributed by atoms with E-state index in [1.54, 1.807) is 12.1 Å². The number of Topliss-reactive ketones (excluding diaryl/α,β-unsaturated/α-hetero) is 2.